The Bertz CT molecular complexity index is 521. The molecule has 1 rings (SSSR count). The molecule has 0 bridgehead atoms. The van der Waals surface area contributed by atoms with Crippen LogP contribution >= 0.6 is 0 Å². The molecule has 5 nitrogen and oxygen atoms in total. The molecular weight excluding hydrogens is 264 g/mol. The summed E-state index contributed by atoms with van der Waals surface area (Å²) in [6, 6.07) is 6.01. The molecule has 0 radical (unpaired) electrons. The zero-order chi connectivity index (χ0) is 14.5. The lowest BCUT2D eigenvalue weighted by atomic mass is 10.1. The lowest BCUT2D eigenvalue weighted by Crippen LogP contribution is -2.31. The molecule has 0 spiro atoms. The van der Waals surface area contributed by atoms with Gasteiger partial charge in [0.05, 0.1) is 4.90 Å². The SMILES string of the molecule is CCC(=O)c1ccc(S(=O)(=O)NCCN(C)C)cc1. The van der Waals surface area contributed by atoms with Gasteiger partial charge in [-0.3, -0.25) is 4.79 Å². The molecule has 0 amide bonds. The van der Waals surface area contributed by atoms with Crippen LogP contribution in [0.2, 0.25) is 0 Å². The van der Waals surface area contributed by atoms with Gasteiger partial charge >= 0.3 is 0 Å². The van der Waals surface area contributed by atoms with Gasteiger partial charge in [0.2, 0.25) is 10.0 Å². The highest BCUT2D eigenvalue weighted by Crippen LogP contribution is 2.11. The van der Waals surface area contributed by atoms with Crippen LogP contribution < -0.4 is 4.72 Å². The Morgan fingerprint density at radius 2 is 1.79 bits per heavy atom. The fourth-order valence-corrected chi connectivity index (χ4v) is 2.53. The van der Waals surface area contributed by atoms with Gasteiger partial charge in [-0.2, -0.15) is 0 Å². The zero-order valence-electron chi connectivity index (χ0n) is 11.5. The van der Waals surface area contributed by atoms with Gasteiger partial charge in [0.25, 0.3) is 0 Å². The van der Waals surface area contributed by atoms with Gasteiger partial charge in [-0.05, 0) is 26.2 Å². The van der Waals surface area contributed by atoms with E-state index in [4.69, 9.17) is 0 Å². The molecule has 0 saturated carbocycles. The number of sulfonamides is 1. The Morgan fingerprint density at radius 3 is 2.26 bits per heavy atom. The maximum Gasteiger partial charge on any atom is 0.240 e. The van der Waals surface area contributed by atoms with Gasteiger partial charge in [-0.1, -0.05) is 19.1 Å². The molecule has 0 fully saturated rings. The van der Waals surface area contributed by atoms with Crippen LogP contribution in [-0.2, 0) is 10.0 Å². The number of rotatable bonds is 7. The maximum atomic E-state index is 11.9. The third kappa shape index (κ3) is 4.74. The van der Waals surface area contributed by atoms with Crippen molar-refractivity contribution < 1.29 is 13.2 Å². The summed E-state index contributed by atoms with van der Waals surface area (Å²) in [5.74, 6) is 0.00418. The first-order valence-electron chi connectivity index (χ1n) is 6.14. The van der Waals surface area contributed by atoms with E-state index >= 15 is 0 Å². The van der Waals surface area contributed by atoms with E-state index in [1.54, 1.807) is 19.1 Å². The molecule has 106 valence electrons. The summed E-state index contributed by atoms with van der Waals surface area (Å²) in [5.41, 5.74) is 0.537. The Morgan fingerprint density at radius 1 is 1.21 bits per heavy atom. The first-order valence-corrected chi connectivity index (χ1v) is 7.63. The molecule has 6 heteroatoms. The van der Waals surface area contributed by atoms with Gasteiger partial charge in [0, 0.05) is 25.1 Å². The molecule has 0 saturated heterocycles. The highest BCUT2D eigenvalue weighted by Gasteiger charge is 2.14. The molecule has 0 heterocycles. The predicted octanol–water partition coefficient (Wildman–Crippen LogP) is 1.12. The van der Waals surface area contributed by atoms with E-state index in [1.807, 2.05) is 19.0 Å². The van der Waals surface area contributed by atoms with Crippen LogP contribution in [0.5, 0.6) is 0 Å². The smallest absolute Gasteiger partial charge is 0.240 e. The number of benzene rings is 1. The van der Waals surface area contributed by atoms with Crippen molar-refractivity contribution in [1.82, 2.24) is 9.62 Å². The third-order valence-corrected chi connectivity index (χ3v) is 4.14. The van der Waals surface area contributed by atoms with Crippen LogP contribution in [-0.4, -0.2) is 46.3 Å². The third-order valence-electron chi connectivity index (χ3n) is 2.66. The van der Waals surface area contributed by atoms with Crippen LogP contribution in [0, 0.1) is 0 Å². The fourth-order valence-electron chi connectivity index (χ4n) is 1.51. The van der Waals surface area contributed by atoms with Crippen molar-refractivity contribution in [1.29, 1.82) is 0 Å². The monoisotopic (exact) mass is 284 g/mol. The second kappa shape index (κ2) is 6.79. The molecule has 0 atom stereocenters. The van der Waals surface area contributed by atoms with Crippen molar-refractivity contribution >= 4 is 15.8 Å². The van der Waals surface area contributed by atoms with Gasteiger partial charge in [-0.25, -0.2) is 13.1 Å². The van der Waals surface area contributed by atoms with E-state index in [0.29, 0.717) is 25.1 Å². The topological polar surface area (TPSA) is 66.5 Å². The number of carbonyl (C=O) groups excluding carboxylic acids is 1. The van der Waals surface area contributed by atoms with Gasteiger partial charge in [0.15, 0.2) is 5.78 Å². The summed E-state index contributed by atoms with van der Waals surface area (Å²) in [4.78, 5) is 13.5. The minimum atomic E-state index is -3.49. The Balaban J connectivity index is 2.76. The lowest BCUT2D eigenvalue weighted by molar-refractivity contribution is 0.0988. The fraction of sp³-hybridized carbons (Fsp3) is 0.462. The van der Waals surface area contributed by atoms with Crippen molar-refractivity contribution in [2.75, 3.05) is 27.2 Å². The van der Waals surface area contributed by atoms with Crippen LogP contribution in [0.25, 0.3) is 0 Å². The summed E-state index contributed by atoms with van der Waals surface area (Å²) in [5, 5.41) is 0. The predicted molar refractivity (Wildman–Crippen MR) is 74.8 cm³/mol. The first kappa shape index (κ1) is 15.8. The molecule has 0 aliphatic heterocycles. The highest BCUT2D eigenvalue weighted by molar-refractivity contribution is 7.89. The molecular formula is C13H20N2O3S. The lowest BCUT2D eigenvalue weighted by Gasteiger charge is -2.11. The van der Waals surface area contributed by atoms with Crippen molar-refractivity contribution in [3.8, 4) is 0 Å². The summed E-state index contributed by atoms with van der Waals surface area (Å²) in [6.07, 6.45) is 0.410. The van der Waals surface area contributed by atoms with Crippen molar-refractivity contribution in [2.45, 2.75) is 18.2 Å². The maximum absolute atomic E-state index is 11.9. The van der Waals surface area contributed by atoms with Crippen LogP contribution in [0.4, 0.5) is 0 Å². The second-order valence-electron chi connectivity index (χ2n) is 4.50. The number of nitrogens with one attached hydrogen (secondary N) is 1. The largest absolute Gasteiger partial charge is 0.308 e. The quantitative estimate of drug-likeness (QED) is 0.762. The van der Waals surface area contributed by atoms with Crippen LogP contribution in [0.1, 0.15) is 23.7 Å². The molecule has 0 unspecified atom stereocenters. The normalized spacial score (nSPS) is 11.8. The van der Waals surface area contributed by atoms with E-state index in [9.17, 15) is 13.2 Å². The standard InChI is InChI=1S/C13H20N2O3S/c1-4-13(16)11-5-7-12(8-6-11)19(17,18)14-9-10-15(2)3/h5-8,14H,4,9-10H2,1-3H3. The van der Waals surface area contributed by atoms with Gasteiger partial charge < -0.3 is 4.90 Å². The molecule has 0 aliphatic rings. The first-order chi connectivity index (χ1) is 8.86. The molecule has 1 aromatic rings. The van der Waals surface area contributed by atoms with Crippen molar-refractivity contribution in [2.24, 2.45) is 0 Å². The number of likely N-dealkylation sites (N-methyl/N-ethyl adjacent to an activating group) is 1. The van der Waals surface area contributed by atoms with Crippen molar-refractivity contribution in [3.05, 3.63) is 29.8 Å². The molecule has 1 N–H and O–H groups in total. The van der Waals surface area contributed by atoms with E-state index in [1.165, 1.54) is 12.1 Å². The number of nitrogens with zero attached hydrogens (tertiary/aromatic N) is 1. The number of hydrogen-bond acceptors (Lipinski definition) is 4. The Hall–Kier alpha value is -1.24. The van der Waals surface area contributed by atoms with E-state index in [0.717, 1.165) is 0 Å². The van der Waals surface area contributed by atoms with Gasteiger partial charge in [0.1, 0.15) is 0 Å². The summed E-state index contributed by atoms with van der Waals surface area (Å²) < 4.78 is 26.4. The average molecular weight is 284 g/mol. The average Bonchev–Trinajstić information content (AvgIpc) is 2.37. The molecule has 0 aromatic heterocycles. The van der Waals surface area contributed by atoms with Crippen LogP contribution in [0.3, 0.4) is 0 Å². The Labute approximate surface area is 114 Å². The number of Topliss-reactive ketones (excluding diaryl/α,β-unsaturated/α-hetero) is 1. The summed E-state index contributed by atoms with van der Waals surface area (Å²) in [6.45, 7) is 2.76. The summed E-state index contributed by atoms with van der Waals surface area (Å²) >= 11 is 0. The number of carbonyl (C=O) groups is 1. The Kier molecular flexibility index (Phi) is 5.65. The van der Waals surface area contributed by atoms with E-state index < -0.39 is 10.0 Å². The van der Waals surface area contributed by atoms with Gasteiger partial charge in [-0.15, -0.1) is 0 Å². The van der Waals surface area contributed by atoms with Crippen LogP contribution in [0.15, 0.2) is 29.2 Å². The van der Waals surface area contributed by atoms with E-state index in [2.05, 4.69) is 4.72 Å². The molecule has 19 heavy (non-hydrogen) atoms. The molecule has 0 aliphatic carbocycles. The van der Waals surface area contributed by atoms with Crippen molar-refractivity contribution in [3.63, 3.8) is 0 Å². The van der Waals surface area contributed by atoms with E-state index in [-0.39, 0.29) is 10.7 Å². The summed E-state index contributed by atoms with van der Waals surface area (Å²) in [7, 11) is 0.256. The molecule has 1 aromatic carbocycles. The number of hydrogen-bond donors (Lipinski definition) is 1. The zero-order valence-corrected chi connectivity index (χ0v) is 12.3. The number of ketones is 1. The highest BCUT2D eigenvalue weighted by atomic mass is 32.2. The minimum Gasteiger partial charge on any atom is -0.308 e. The minimum absolute atomic E-state index is 0.00418. The second-order valence-corrected chi connectivity index (χ2v) is 6.27.